The fourth-order valence-electron chi connectivity index (χ4n) is 3.97. The first-order valence-electron chi connectivity index (χ1n) is 10.0. The normalized spacial score (nSPS) is 17.4. The molecule has 0 radical (unpaired) electrons. The van der Waals surface area contributed by atoms with Crippen LogP contribution in [0.15, 0.2) is 54.7 Å². The lowest BCUT2D eigenvalue weighted by molar-refractivity contribution is -0.138. The van der Waals surface area contributed by atoms with Crippen molar-refractivity contribution in [2.24, 2.45) is 5.92 Å². The minimum Gasteiger partial charge on any atom is -0.497 e. The molecule has 5 nitrogen and oxygen atoms in total. The number of hydrogen-bond donors (Lipinski definition) is 1. The summed E-state index contributed by atoms with van der Waals surface area (Å²) in [6, 6.07) is 16.2. The van der Waals surface area contributed by atoms with Gasteiger partial charge in [-0.25, -0.2) is 0 Å². The summed E-state index contributed by atoms with van der Waals surface area (Å²) in [5, 5.41) is 9.06. The van der Waals surface area contributed by atoms with Crippen LogP contribution >= 0.6 is 0 Å². The molecule has 0 aliphatic heterocycles. The second kappa shape index (κ2) is 8.19. The van der Waals surface area contributed by atoms with E-state index >= 15 is 0 Å². The highest BCUT2D eigenvalue weighted by atomic mass is 16.5. The van der Waals surface area contributed by atoms with Crippen LogP contribution < -0.4 is 9.47 Å². The third-order valence-corrected chi connectivity index (χ3v) is 5.61. The molecule has 0 amide bonds. The number of rotatable bonds is 7. The number of carboxylic acid groups (broad SMARTS) is 1. The Morgan fingerprint density at radius 3 is 2.47 bits per heavy atom. The smallest absolute Gasteiger partial charge is 0.307 e. The molecular formula is C25H25NO4. The molecule has 30 heavy (non-hydrogen) atoms. The summed E-state index contributed by atoms with van der Waals surface area (Å²) in [6.45, 7) is 4.62. The van der Waals surface area contributed by atoms with Gasteiger partial charge >= 0.3 is 5.97 Å². The predicted molar refractivity (Wildman–Crippen MR) is 115 cm³/mol. The predicted octanol–water partition coefficient (Wildman–Crippen LogP) is 5.14. The van der Waals surface area contributed by atoms with Crippen molar-refractivity contribution in [1.82, 2.24) is 4.98 Å². The van der Waals surface area contributed by atoms with Gasteiger partial charge < -0.3 is 14.6 Å². The lowest BCUT2D eigenvalue weighted by atomic mass is 9.94. The van der Waals surface area contributed by atoms with Gasteiger partial charge in [0.25, 0.3) is 0 Å². The monoisotopic (exact) mass is 403 g/mol. The van der Waals surface area contributed by atoms with Crippen LogP contribution in [0.4, 0.5) is 0 Å². The van der Waals surface area contributed by atoms with E-state index in [0.29, 0.717) is 18.8 Å². The number of benzene rings is 2. The van der Waals surface area contributed by atoms with Gasteiger partial charge in [0.05, 0.1) is 19.2 Å². The number of pyridine rings is 1. The lowest BCUT2D eigenvalue weighted by Crippen LogP contribution is -2.00. The third kappa shape index (κ3) is 4.15. The third-order valence-electron chi connectivity index (χ3n) is 5.61. The SMILES string of the molecule is COc1cc(C)c(-c2cccc(COc3ccc([C@H]4C[C@@H]4C(=O)O)nc3)c2)c(C)c1. The fraction of sp³-hybridized carbons (Fsp3) is 0.280. The molecule has 2 aromatic carbocycles. The van der Waals surface area contributed by atoms with Crippen LogP contribution in [-0.2, 0) is 11.4 Å². The highest BCUT2D eigenvalue weighted by Gasteiger charge is 2.45. The highest BCUT2D eigenvalue weighted by Crippen LogP contribution is 2.46. The Hall–Kier alpha value is -3.34. The summed E-state index contributed by atoms with van der Waals surface area (Å²) in [5.74, 6) is 0.531. The van der Waals surface area contributed by atoms with E-state index < -0.39 is 5.97 Å². The minimum atomic E-state index is -0.746. The molecule has 4 rings (SSSR count). The van der Waals surface area contributed by atoms with Crippen molar-refractivity contribution < 1.29 is 19.4 Å². The molecule has 1 fully saturated rings. The Bertz CT molecular complexity index is 1050. The second-order valence-corrected chi connectivity index (χ2v) is 7.83. The Labute approximate surface area is 176 Å². The van der Waals surface area contributed by atoms with Crippen molar-refractivity contribution in [3.05, 3.63) is 77.1 Å². The highest BCUT2D eigenvalue weighted by molar-refractivity contribution is 5.75. The summed E-state index contributed by atoms with van der Waals surface area (Å²) in [6.07, 6.45) is 2.34. The van der Waals surface area contributed by atoms with Crippen molar-refractivity contribution in [3.63, 3.8) is 0 Å². The number of aromatic nitrogens is 1. The number of aryl methyl sites for hydroxylation is 2. The summed E-state index contributed by atoms with van der Waals surface area (Å²) >= 11 is 0. The molecular weight excluding hydrogens is 378 g/mol. The van der Waals surface area contributed by atoms with E-state index in [9.17, 15) is 4.79 Å². The molecule has 0 unspecified atom stereocenters. The zero-order valence-electron chi connectivity index (χ0n) is 17.4. The van der Waals surface area contributed by atoms with Crippen LogP contribution in [-0.4, -0.2) is 23.2 Å². The molecule has 5 heteroatoms. The van der Waals surface area contributed by atoms with E-state index in [1.54, 1.807) is 13.3 Å². The van der Waals surface area contributed by atoms with E-state index in [-0.39, 0.29) is 11.8 Å². The van der Waals surface area contributed by atoms with E-state index in [0.717, 1.165) is 22.6 Å². The first kappa shape index (κ1) is 20.0. The van der Waals surface area contributed by atoms with Gasteiger partial charge in [0.1, 0.15) is 18.1 Å². The van der Waals surface area contributed by atoms with Gasteiger partial charge in [0, 0.05) is 11.6 Å². The van der Waals surface area contributed by atoms with Crippen LogP contribution in [0, 0.1) is 19.8 Å². The quantitative estimate of drug-likeness (QED) is 0.591. The number of aliphatic carboxylic acids is 1. The molecule has 1 heterocycles. The summed E-state index contributed by atoms with van der Waals surface area (Å²) < 4.78 is 11.3. The van der Waals surface area contributed by atoms with Crippen LogP contribution in [0.25, 0.3) is 11.1 Å². The first-order valence-corrected chi connectivity index (χ1v) is 10.0. The van der Waals surface area contributed by atoms with Crippen molar-refractivity contribution in [2.75, 3.05) is 7.11 Å². The van der Waals surface area contributed by atoms with Crippen molar-refractivity contribution >= 4 is 5.97 Å². The number of nitrogens with zero attached hydrogens (tertiary/aromatic N) is 1. The Morgan fingerprint density at radius 1 is 1.10 bits per heavy atom. The maximum absolute atomic E-state index is 11.0. The van der Waals surface area contributed by atoms with Crippen molar-refractivity contribution in [1.29, 1.82) is 0 Å². The van der Waals surface area contributed by atoms with E-state index in [2.05, 4.69) is 31.0 Å². The molecule has 154 valence electrons. The van der Waals surface area contributed by atoms with Gasteiger partial charge in [-0.1, -0.05) is 18.2 Å². The molecule has 0 saturated heterocycles. The topological polar surface area (TPSA) is 68.7 Å². The number of ether oxygens (including phenoxy) is 2. The van der Waals surface area contributed by atoms with E-state index in [1.807, 2.05) is 36.4 Å². The van der Waals surface area contributed by atoms with Gasteiger partial charge in [0.2, 0.25) is 0 Å². The minimum absolute atomic E-state index is 0.0317. The van der Waals surface area contributed by atoms with Gasteiger partial charge in [-0.3, -0.25) is 9.78 Å². The average Bonchev–Trinajstić information content (AvgIpc) is 3.54. The maximum Gasteiger partial charge on any atom is 0.307 e. The standard InChI is InChI=1S/C25H25NO4/c1-15-9-20(29-3)10-16(2)24(15)18-6-4-5-17(11-18)14-30-19-7-8-23(26-13-19)21-12-22(21)25(27)28/h4-11,13,21-22H,12,14H2,1-3H3,(H,27,28)/t21-,22-/m0/s1. The number of methoxy groups -OCH3 is 1. The van der Waals surface area contributed by atoms with Crippen LogP contribution in [0.1, 0.15) is 34.7 Å². The van der Waals surface area contributed by atoms with Gasteiger partial charge in [-0.05, 0) is 78.4 Å². The van der Waals surface area contributed by atoms with E-state index in [4.69, 9.17) is 14.6 Å². The zero-order valence-corrected chi connectivity index (χ0v) is 17.4. The first-order chi connectivity index (χ1) is 14.5. The molecule has 1 saturated carbocycles. The molecule has 0 bridgehead atoms. The molecule has 2 atom stereocenters. The lowest BCUT2D eigenvalue weighted by Gasteiger charge is -2.14. The summed E-state index contributed by atoms with van der Waals surface area (Å²) in [4.78, 5) is 15.4. The van der Waals surface area contributed by atoms with Gasteiger partial charge in [0.15, 0.2) is 0 Å². The van der Waals surface area contributed by atoms with Crippen molar-refractivity contribution in [2.45, 2.75) is 32.8 Å². The number of hydrogen-bond acceptors (Lipinski definition) is 4. The Kier molecular flexibility index (Phi) is 5.44. The zero-order chi connectivity index (χ0) is 21.3. The molecule has 1 N–H and O–H groups in total. The molecule has 1 aliphatic rings. The average molecular weight is 403 g/mol. The maximum atomic E-state index is 11.0. The number of carboxylic acids is 1. The van der Waals surface area contributed by atoms with Crippen molar-refractivity contribution in [3.8, 4) is 22.6 Å². The molecule has 3 aromatic rings. The Morgan fingerprint density at radius 2 is 1.87 bits per heavy atom. The van der Waals surface area contributed by atoms with E-state index in [1.165, 1.54) is 16.7 Å². The fourth-order valence-corrected chi connectivity index (χ4v) is 3.97. The molecule has 1 aromatic heterocycles. The summed E-state index contributed by atoms with van der Waals surface area (Å²) in [7, 11) is 1.68. The Balaban J connectivity index is 1.45. The molecule has 1 aliphatic carbocycles. The number of carbonyl (C=O) groups is 1. The largest absolute Gasteiger partial charge is 0.497 e. The second-order valence-electron chi connectivity index (χ2n) is 7.83. The van der Waals surface area contributed by atoms with Gasteiger partial charge in [-0.2, -0.15) is 0 Å². The summed E-state index contributed by atoms with van der Waals surface area (Å²) in [5.41, 5.74) is 6.59. The van der Waals surface area contributed by atoms with Crippen LogP contribution in [0.2, 0.25) is 0 Å². The van der Waals surface area contributed by atoms with Gasteiger partial charge in [-0.15, -0.1) is 0 Å². The molecule has 0 spiro atoms. The van der Waals surface area contributed by atoms with Crippen LogP contribution in [0.5, 0.6) is 11.5 Å². The van der Waals surface area contributed by atoms with Crippen LogP contribution in [0.3, 0.4) is 0 Å².